The fraction of sp³-hybridized carbons (Fsp3) is 0.111. The Morgan fingerprint density at radius 3 is 1.63 bits per heavy atom. The van der Waals surface area contributed by atoms with Crippen molar-refractivity contribution < 1.29 is 4.74 Å². The Bertz CT molecular complexity index is 1800. The molecule has 1 saturated heterocycles. The Morgan fingerprint density at radius 1 is 0.463 bits per heavy atom. The number of ether oxygens (including phenoxy) is 1. The maximum atomic E-state index is 6.34. The van der Waals surface area contributed by atoms with E-state index in [0.29, 0.717) is 0 Å². The van der Waals surface area contributed by atoms with E-state index in [4.69, 9.17) is 4.74 Å². The first-order valence-corrected chi connectivity index (χ1v) is 14.2. The summed E-state index contributed by atoms with van der Waals surface area (Å²) in [5.41, 5.74) is 5.78. The minimum atomic E-state index is -0.195. The lowest BCUT2D eigenvalue weighted by Gasteiger charge is -2.39. The molecule has 200 valence electrons. The third-order valence-electron chi connectivity index (χ3n) is 8.21. The van der Waals surface area contributed by atoms with Crippen LogP contribution in [0.15, 0.2) is 133 Å². The van der Waals surface area contributed by atoms with Gasteiger partial charge in [0.25, 0.3) is 0 Å². The minimum absolute atomic E-state index is 0.000468. The van der Waals surface area contributed by atoms with Crippen LogP contribution in [0.5, 0.6) is 5.75 Å². The van der Waals surface area contributed by atoms with Gasteiger partial charge < -0.3 is 10.1 Å². The number of benzene rings is 6. The summed E-state index contributed by atoms with van der Waals surface area (Å²) in [5.74, 6) is 0.890. The Balaban J connectivity index is 1.17. The van der Waals surface area contributed by atoms with Crippen LogP contribution in [-0.4, -0.2) is 0 Å². The highest BCUT2D eigenvalue weighted by Crippen LogP contribution is 2.45. The van der Waals surface area contributed by atoms with Crippen molar-refractivity contribution in [3.8, 4) is 5.75 Å². The molecular formula is C36H30N4O. The Morgan fingerprint density at radius 2 is 1.00 bits per heavy atom. The first-order valence-electron chi connectivity index (χ1n) is 14.2. The van der Waals surface area contributed by atoms with Crippen LogP contribution >= 0.6 is 0 Å². The van der Waals surface area contributed by atoms with Crippen LogP contribution in [0.3, 0.4) is 0 Å². The van der Waals surface area contributed by atoms with Gasteiger partial charge in [-0.3, -0.25) is 16.0 Å². The number of hydrogen-bond donors (Lipinski definition) is 4. The highest BCUT2D eigenvalue weighted by atomic mass is 16.5. The van der Waals surface area contributed by atoms with Crippen molar-refractivity contribution in [2.45, 2.75) is 24.7 Å². The summed E-state index contributed by atoms with van der Waals surface area (Å²) in [6.07, 6.45) is -0.240. The lowest BCUT2D eigenvalue weighted by molar-refractivity contribution is 0.203. The molecule has 41 heavy (non-hydrogen) atoms. The molecule has 8 rings (SSSR count). The first kappa shape index (κ1) is 24.1. The Labute approximate surface area is 239 Å². The molecule has 3 unspecified atom stereocenters. The van der Waals surface area contributed by atoms with Crippen molar-refractivity contribution in [2.75, 3.05) is 5.32 Å². The number of anilines is 1. The average Bonchev–Trinajstić information content (AvgIpc) is 3.50. The first-order chi connectivity index (χ1) is 20.3. The molecule has 0 saturated carbocycles. The van der Waals surface area contributed by atoms with E-state index in [9.17, 15) is 0 Å². The van der Waals surface area contributed by atoms with Gasteiger partial charge in [0.15, 0.2) is 6.23 Å². The normalized spacial score (nSPS) is 21.8. The fourth-order valence-electron chi connectivity index (χ4n) is 6.16. The number of nitrogens with one attached hydrogen (secondary N) is 4. The van der Waals surface area contributed by atoms with Gasteiger partial charge in [-0.15, -0.1) is 0 Å². The summed E-state index contributed by atoms with van der Waals surface area (Å²) in [5, 5.41) is 19.8. The van der Waals surface area contributed by atoms with E-state index >= 15 is 0 Å². The van der Waals surface area contributed by atoms with Gasteiger partial charge in [-0.05, 0) is 45.0 Å². The highest BCUT2D eigenvalue weighted by Gasteiger charge is 2.30. The molecule has 0 spiro atoms. The lowest BCUT2D eigenvalue weighted by atomic mass is 9.97. The van der Waals surface area contributed by atoms with E-state index in [1.54, 1.807) is 0 Å². The Kier molecular flexibility index (Phi) is 5.92. The molecular weight excluding hydrogens is 504 g/mol. The summed E-state index contributed by atoms with van der Waals surface area (Å²) in [6, 6.07) is 46.9. The molecule has 0 bridgehead atoms. The molecule has 2 aliphatic rings. The molecule has 0 amide bonds. The molecule has 0 radical (unpaired) electrons. The predicted octanol–water partition coefficient (Wildman–Crippen LogP) is 7.67. The maximum Gasteiger partial charge on any atom is 0.196 e. The van der Waals surface area contributed by atoms with Crippen LogP contribution in [-0.2, 0) is 0 Å². The second kappa shape index (κ2) is 10.1. The quantitative estimate of drug-likeness (QED) is 0.175. The highest BCUT2D eigenvalue weighted by molar-refractivity contribution is 6.15. The summed E-state index contributed by atoms with van der Waals surface area (Å²) in [6.45, 7) is 0. The zero-order chi connectivity index (χ0) is 27.2. The third kappa shape index (κ3) is 4.41. The molecule has 0 aromatic heterocycles. The molecule has 4 N–H and O–H groups in total. The molecule has 6 aromatic carbocycles. The molecule has 3 atom stereocenters. The van der Waals surface area contributed by atoms with Gasteiger partial charge in [-0.2, -0.15) is 0 Å². The molecule has 1 fully saturated rings. The van der Waals surface area contributed by atoms with Crippen LogP contribution in [0.25, 0.3) is 21.5 Å². The van der Waals surface area contributed by atoms with Gasteiger partial charge in [0.1, 0.15) is 5.75 Å². The van der Waals surface area contributed by atoms with Crippen molar-refractivity contribution >= 4 is 27.2 Å². The van der Waals surface area contributed by atoms with Crippen molar-refractivity contribution in [1.82, 2.24) is 16.0 Å². The number of fused-ring (bicyclic) bond motifs is 5. The largest absolute Gasteiger partial charge is 0.464 e. The standard InChI is InChI=1S/C36H30N4O/c1-4-10-24(11-5-1)33-38-34(25-12-6-2-7-13-25)40-35(39-33)28-18-20-29-27(22-28)17-16-23-19-21-30-32(31(23)29)37-36(41-30)26-14-8-3-9-15-26/h1-22,33-40H. The van der Waals surface area contributed by atoms with E-state index in [0.717, 1.165) is 17.0 Å². The summed E-state index contributed by atoms with van der Waals surface area (Å²) >= 11 is 0. The molecule has 2 aliphatic heterocycles. The fourth-order valence-corrected chi connectivity index (χ4v) is 6.16. The summed E-state index contributed by atoms with van der Waals surface area (Å²) in [4.78, 5) is 0. The van der Waals surface area contributed by atoms with Crippen LogP contribution in [0.1, 0.15) is 47.0 Å². The van der Waals surface area contributed by atoms with Gasteiger partial charge in [0.2, 0.25) is 0 Å². The third-order valence-corrected chi connectivity index (χ3v) is 8.21. The number of hydrogen-bond acceptors (Lipinski definition) is 5. The SMILES string of the molecule is c1ccc(C2NC(c3ccccc3)NC(c3ccc4c(ccc5ccc6c(c54)NC(c4ccccc4)O6)c3)N2)cc1. The summed E-state index contributed by atoms with van der Waals surface area (Å²) in [7, 11) is 0. The zero-order valence-corrected chi connectivity index (χ0v) is 22.4. The number of rotatable bonds is 4. The monoisotopic (exact) mass is 534 g/mol. The van der Waals surface area contributed by atoms with Crippen LogP contribution in [0.4, 0.5) is 5.69 Å². The van der Waals surface area contributed by atoms with Gasteiger partial charge >= 0.3 is 0 Å². The minimum Gasteiger partial charge on any atom is -0.464 e. The van der Waals surface area contributed by atoms with Crippen molar-refractivity contribution in [3.63, 3.8) is 0 Å². The van der Waals surface area contributed by atoms with Crippen molar-refractivity contribution in [3.05, 3.63) is 156 Å². The molecule has 5 heteroatoms. The molecule has 0 aliphatic carbocycles. The second-order valence-electron chi connectivity index (χ2n) is 10.8. The maximum absolute atomic E-state index is 6.34. The van der Waals surface area contributed by atoms with Crippen molar-refractivity contribution in [1.29, 1.82) is 0 Å². The Hall–Kier alpha value is -4.68. The topological polar surface area (TPSA) is 57.3 Å². The van der Waals surface area contributed by atoms with Gasteiger partial charge in [0.05, 0.1) is 24.2 Å². The summed E-state index contributed by atoms with van der Waals surface area (Å²) < 4.78 is 6.34. The van der Waals surface area contributed by atoms with E-state index in [2.05, 4.69) is 137 Å². The van der Waals surface area contributed by atoms with Crippen LogP contribution < -0.4 is 26.0 Å². The zero-order valence-electron chi connectivity index (χ0n) is 22.4. The smallest absolute Gasteiger partial charge is 0.196 e. The van der Waals surface area contributed by atoms with E-state index in [-0.39, 0.29) is 24.7 Å². The molecule has 2 heterocycles. The molecule has 6 aromatic rings. The van der Waals surface area contributed by atoms with Crippen LogP contribution in [0, 0.1) is 0 Å². The average molecular weight is 535 g/mol. The predicted molar refractivity (Wildman–Crippen MR) is 165 cm³/mol. The lowest BCUT2D eigenvalue weighted by Crippen LogP contribution is -2.54. The van der Waals surface area contributed by atoms with Gasteiger partial charge in [-0.1, -0.05) is 121 Å². The second-order valence-corrected chi connectivity index (χ2v) is 10.8. The molecule has 5 nitrogen and oxygen atoms in total. The van der Waals surface area contributed by atoms with E-state index < -0.39 is 0 Å². The van der Waals surface area contributed by atoms with Gasteiger partial charge in [0, 0.05) is 10.9 Å². The van der Waals surface area contributed by atoms with E-state index in [1.807, 2.05) is 18.2 Å². The van der Waals surface area contributed by atoms with Crippen molar-refractivity contribution in [2.24, 2.45) is 0 Å². The van der Waals surface area contributed by atoms with Gasteiger partial charge in [-0.25, -0.2) is 0 Å². The van der Waals surface area contributed by atoms with Crippen LogP contribution in [0.2, 0.25) is 0 Å². The van der Waals surface area contributed by atoms with E-state index in [1.165, 1.54) is 38.2 Å².